The second-order valence-electron chi connectivity index (χ2n) is 7.61. The van der Waals surface area contributed by atoms with Gasteiger partial charge in [-0.1, -0.05) is 51.1 Å². The maximum Gasteiger partial charge on any atom is 0.274 e. The number of hydrogen-bond donors (Lipinski definition) is 4. The molecule has 0 radical (unpaired) electrons. The van der Waals surface area contributed by atoms with Crippen LogP contribution in [0.1, 0.15) is 53.2 Å². The first-order chi connectivity index (χ1) is 12.8. The van der Waals surface area contributed by atoms with E-state index in [1.807, 2.05) is 51.1 Å². The van der Waals surface area contributed by atoms with Gasteiger partial charge in [-0.3, -0.25) is 14.8 Å². The molecule has 1 aromatic heterocycles. The molecule has 4 N–H and O–H groups in total. The topological polar surface area (TPSA) is 94.2 Å². The van der Waals surface area contributed by atoms with Gasteiger partial charge in [0.2, 0.25) is 0 Å². The molecule has 1 heterocycles. The first-order valence-electron chi connectivity index (χ1n) is 8.72. The summed E-state index contributed by atoms with van der Waals surface area (Å²) in [6.07, 6.45) is 0. The fourth-order valence-corrected chi connectivity index (χ4v) is 3.10. The monoisotopic (exact) mass is 365 g/mol. The number of rotatable bonds is 4. The second kappa shape index (κ2) is 7.25. The van der Waals surface area contributed by atoms with Crippen LogP contribution in [0, 0.1) is 5.41 Å². The molecule has 0 bridgehead atoms. The molecule has 140 valence electrons. The zero-order chi connectivity index (χ0) is 19.6. The van der Waals surface area contributed by atoms with Gasteiger partial charge in [0.1, 0.15) is 5.69 Å². The lowest BCUT2D eigenvalue weighted by atomic mass is 9.82. The smallest absolute Gasteiger partial charge is 0.274 e. The number of nitrogens with one attached hydrogen (secondary N) is 3. The number of benzene rings is 2. The summed E-state index contributed by atoms with van der Waals surface area (Å²) in [5.74, 6) is -0.765. The molecule has 0 aliphatic rings. The summed E-state index contributed by atoms with van der Waals surface area (Å²) in [5, 5.41) is 12.8. The summed E-state index contributed by atoms with van der Waals surface area (Å²) in [6.45, 7) is 6.12. The van der Waals surface area contributed by atoms with E-state index in [2.05, 4.69) is 10.3 Å². The van der Waals surface area contributed by atoms with Gasteiger partial charge in [0.15, 0.2) is 0 Å². The summed E-state index contributed by atoms with van der Waals surface area (Å²) in [5.41, 5.74) is 4.00. The van der Waals surface area contributed by atoms with Crippen molar-refractivity contribution in [1.29, 1.82) is 0 Å². The Hall–Kier alpha value is -3.12. The normalized spacial score (nSPS) is 12.6. The number of fused-ring (bicyclic) bond motifs is 1. The highest BCUT2D eigenvalue weighted by Crippen LogP contribution is 2.33. The van der Waals surface area contributed by atoms with Gasteiger partial charge in [-0.2, -0.15) is 0 Å². The standard InChI is InChI=1S/C21H23N3O3/c1-21(2,3)18(13-8-10-14(11-9-13)19(25)24-27)23-20(26)17-12-15-6-4-5-7-16(15)22-17/h4-12,18,22,27H,1-3H3,(H,23,26)(H,24,25). The van der Waals surface area contributed by atoms with Crippen molar-refractivity contribution in [3.63, 3.8) is 0 Å². The van der Waals surface area contributed by atoms with Crippen LogP contribution in [-0.4, -0.2) is 22.0 Å². The highest BCUT2D eigenvalue weighted by molar-refractivity contribution is 5.98. The van der Waals surface area contributed by atoms with Gasteiger partial charge in [0.25, 0.3) is 11.8 Å². The molecule has 1 unspecified atom stereocenters. The molecule has 6 heteroatoms. The molecule has 0 fully saturated rings. The van der Waals surface area contributed by atoms with E-state index in [1.165, 1.54) is 0 Å². The van der Waals surface area contributed by atoms with E-state index in [-0.39, 0.29) is 17.4 Å². The maximum absolute atomic E-state index is 12.8. The van der Waals surface area contributed by atoms with Crippen LogP contribution in [0.5, 0.6) is 0 Å². The third-order valence-corrected chi connectivity index (χ3v) is 4.52. The minimum absolute atomic E-state index is 0.191. The summed E-state index contributed by atoms with van der Waals surface area (Å²) in [7, 11) is 0. The van der Waals surface area contributed by atoms with Crippen LogP contribution in [0.15, 0.2) is 54.6 Å². The number of aromatic nitrogens is 1. The number of amides is 2. The highest BCUT2D eigenvalue weighted by atomic mass is 16.5. The average Bonchev–Trinajstić information content (AvgIpc) is 3.09. The lowest BCUT2D eigenvalue weighted by molar-refractivity contribution is 0.0706. The quantitative estimate of drug-likeness (QED) is 0.418. The van der Waals surface area contributed by atoms with Crippen LogP contribution in [0.2, 0.25) is 0 Å². The minimum atomic E-state index is -0.573. The molecule has 0 saturated heterocycles. The third kappa shape index (κ3) is 4.01. The van der Waals surface area contributed by atoms with Crippen molar-refractivity contribution in [1.82, 2.24) is 15.8 Å². The summed E-state index contributed by atoms with van der Waals surface area (Å²) in [6, 6.07) is 16.1. The van der Waals surface area contributed by atoms with Crippen LogP contribution >= 0.6 is 0 Å². The number of para-hydroxylation sites is 1. The van der Waals surface area contributed by atoms with Gasteiger partial charge >= 0.3 is 0 Å². The zero-order valence-corrected chi connectivity index (χ0v) is 15.5. The molecule has 0 aliphatic carbocycles. The average molecular weight is 365 g/mol. The Morgan fingerprint density at radius 2 is 1.67 bits per heavy atom. The van der Waals surface area contributed by atoms with Crippen LogP contribution in [0.3, 0.4) is 0 Å². The van der Waals surface area contributed by atoms with Crippen molar-refractivity contribution in [2.75, 3.05) is 0 Å². The van der Waals surface area contributed by atoms with Crippen LogP contribution in [-0.2, 0) is 0 Å². The molecular weight excluding hydrogens is 342 g/mol. The van der Waals surface area contributed by atoms with Crippen molar-refractivity contribution < 1.29 is 14.8 Å². The van der Waals surface area contributed by atoms with Crippen molar-refractivity contribution in [3.05, 3.63) is 71.4 Å². The summed E-state index contributed by atoms with van der Waals surface area (Å²) in [4.78, 5) is 27.5. The fraction of sp³-hybridized carbons (Fsp3) is 0.238. The van der Waals surface area contributed by atoms with Crippen LogP contribution in [0.25, 0.3) is 10.9 Å². The van der Waals surface area contributed by atoms with E-state index in [4.69, 9.17) is 5.21 Å². The molecule has 6 nitrogen and oxygen atoms in total. The van der Waals surface area contributed by atoms with E-state index < -0.39 is 5.91 Å². The van der Waals surface area contributed by atoms with Crippen LogP contribution in [0.4, 0.5) is 0 Å². The third-order valence-electron chi connectivity index (χ3n) is 4.52. The molecule has 0 spiro atoms. The van der Waals surface area contributed by atoms with Crippen molar-refractivity contribution in [2.45, 2.75) is 26.8 Å². The van der Waals surface area contributed by atoms with Gasteiger partial charge in [-0.25, -0.2) is 5.48 Å². The number of aromatic amines is 1. The molecule has 27 heavy (non-hydrogen) atoms. The van der Waals surface area contributed by atoms with Crippen molar-refractivity contribution >= 4 is 22.7 Å². The maximum atomic E-state index is 12.8. The van der Waals surface area contributed by atoms with Gasteiger partial charge in [-0.15, -0.1) is 0 Å². The van der Waals surface area contributed by atoms with Gasteiger partial charge in [0.05, 0.1) is 6.04 Å². The Morgan fingerprint density at radius 1 is 1.00 bits per heavy atom. The molecule has 2 aromatic carbocycles. The lowest BCUT2D eigenvalue weighted by Gasteiger charge is -2.32. The number of hydroxylamine groups is 1. The molecule has 1 atom stereocenters. The van der Waals surface area contributed by atoms with E-state index in [0.29, 0.717) is 11.3 Å². The first-order valence-corrected chi connectivity index (χ1v) is 8.72. The zero-order valence-electron chi connectivity index (χ0n) is 15.5. The minimum Gasteiger partial charge on any atom is -0.351 e. The van der Waals surface area contributed by atoms with Crippen molar-refractivity contribution in [2.24, 2.45) is 5.41 Å². The number of hydrogen-bond acceptors (Lipinski definition) is 3. The Balaban J connectivity index is 1.87. The first kappa shape index (κ1) is 18.7. The number of H-pyrrole nitrogens is 1. The largest absolute Gasteiger partial charge is 0.351 e. The predicted molar refractivity (Wildman–Crippen MR) is 104 cm³/mol. The molecular formula is C21H23N3O3. The van der Waals surface area contributed by atoms with Gasteiger partial charge in [-0.05, 0) is 35.2 Å². The predicted octanol–water partition coefficient (Wildman–Crippen LogP) is 3.80. The second-order valence-corrected chi connectivity index (χ2v) is 7.61. The molecule has 0 saturated carbocycles. The highest BCUT2D eigenvalue weighted by Gasteiger charge is 2.28. The molecule has 0 aliphatic heterocycles. The Morgan fingerprint density at radius 3 is 2.26 bits per heavy atom. The lowest BCUT2D eigenvalue weighted by Crippen LogP contribution is -2.36. The SMILES string of the molecule is CC(C)(C)C(NC(=O)c1cc2ccccc2[nH]1)c1ccc(C(=O)NO)cc1. The van der Waals surface area contributed by atoms with Gasteiger partial charge in [0, 0.05) is 16.5 Å². The van der Waals surface area contributed by atoms with Gasteiger partial charge < -0.3 is 10.3 Å². The van der Waals surface area contributed by atoms with Crippen molar-refractivity contribution in [3.8, 4) is 0 Å². The van der Waals surface area contributed by atoms with E-state index >= 15 is 0 Å². The Kier molecular flexibility index (Phi) is 5.01. The van der Waals surface area contributed by atoms with E-state index in [1.54, 1.807) is 29.7 Å². The number of carbonyl (C=O) groups excluding carboxylic acids is 2. The number of carbonyl (C=O) groups is 2. The summed E-state index contributed by atoms with van der Waals surface area (Å²) >= 11 is 0. The fourth-order valence-electron chi connectivity index (χ4n) is 3.10. The molecule has 2 amide bonds. The molecule has 3 aromatic rings. The summed E-state index contributed by atoms with van der Waals surface area (Å²) < 4.78 is 0. The van der Waals surface area contributed by atoms with E-state index in [9.17, 15) is 9.59 Å². The van der Waals surface area contributed by atoms with E-state index in [0.717, 1.165) is 16.5 Å². The molecule has 3 rings (SSSR count). The Bertz CT molecular complexity index is 935. The van der Waals surface area contributed by atoms with Crippen LogP contribution < -0.4 is 10.8 Å². The Labute approximate surface area is 157 Å².